The summed E-state index contributed by atoms with van der Waals surface area (Å²) in [5.74, 6) is 0. The Morgan fingerprint density at radius 3 is 1.93 bits per heavy atom. The minimum Gasteiger partial charge on any atom is -0.258 e. The van der Waals surface area contributed by atoms with Crippen molar-refractivity contribution < 1.29 is 14.8 Å². The van der Waals surface area contributed by atoms with Crippen molar-refractivity contribution in [2.45, 2.75) is 0 Å². The highest BCUT2D eigenvalue weighted by molar-refractivity contribution is 6.09. The topological polar surface area (TPSA) is 129 Å². The first-order valence-electron chi connectivity index (χ1n) is 8.40. The third-order valence-corrected chi connectivity index (χ3v) is 4.68. The normalized spacial score (nSPS) is 13.0. The van der Waals surface area contributed by atoms with Crippen LogP contribution in [0.1, 0.15) is 16.7 Å². The van der Waals surface area contributed by atoms with Gasteiger partial charge in [-0.25, -0.2) is 0 Å². The van der Waals surface area contributed by atoms with Gasteiger partial charge in [-0.1, -0.05) is 30.3 Å². The standard InChI is InChI=1S/C20H11N3O6/c24-21(25)13-6-7-15-17(9-13)16(8-12-4-2-1-3-5-12)18-10-14(22(26)27)11-19(20(15)18)23(28)29/h1-11H. The van der Waals surface area contributed by atoms with E-state index in [-0.39, 0.29) is 11.3 Å². The van der Waals surface area contributed by atoms with Crippen molar-refractivity contribution in [1.29, 1.82) is 0 Å². The summed E-state index contributed by atoms with van der Waals surface area (Å²) in [6.07, 6.45) is 1.71. The molecule has 3 aromatic carbocycles. The fourth-order valence-corrected chi connectivity index (χ4v) is 3.46. The van der Waals surface area contributed by atoms with Gasteiger partial charge in [0.05, 0.1) is 26.4 Å². The van der Waals surface area contributed by atoms with E-state index in [4.69, 9.17) is 0 Å². The van der Waals surface area contributed by atoms with Gasteiger partial charge >= 0.3 is 0 Å². The largest absolute Gasteiger partial charge is 0.284 e. The first kappa shape index (κ1) is 18.0. The fraction of sp³-hybridized carbons (Fsp3) is 0. The minimum absolute atomic E-state index is 0.173. The van der Waals surface area contributed by atoms with Crippen molar-refractivity contribution in [3.05, 3.63) is 108 Å². The first-order chi connectivity index (χ1) is 13.9. The number of hydrogen-bond donors (Lipinski definition) is 0. The van der Waals surface area contributed by atoms with Crippen LogP contribution < -0.4 is 0 Å². The Hall–Kier alpha value is -4.40. The maximum atomic E-state index is 11.6. The van der Waals surface area contributed by atoms with Crippen molar-refractivity contribution in [3.8, 4) is 11.1 Å². The van der Waals surface area contributed by atoms with Gasteiger partial charge in [-0.15, -0.1) is 0 Å². The quantitative estimate of drug-likeness (QED) is 0.357. The SMILES string of the molecule is O=[N+]([O-])c1ccc2c(c1)C(=Cc1ccccc1)c1cc([N+](=O)[O-])cc([N+](=O)[O-])c1-2. The monoisotopic (exact) mass is 389 g/mol. The number of nitro groups is 3. The molecule has 0 fully saturated rings. The van der Waals surface area contributed by atoms with Gasteiger partial charge in [-0.05, 0) is 34.4 Å². The smallest absolute Gasteiger partial charge is 0.258 e. The van der Waals surface area contributed by atoms with Gasteiger partial charge in [0.15, 0.2) is 0 Å². The Balaban J connectivity index is 2.09. The molecule has 1 aliphatic carbocycles. The van der Waals surface area contributed by atoms with Gasteiger partial charge in [0, 0.05) is 23.8 Å². The van der Waals surface area contributed by atoms with Crippen molar-refractivity contribution in [1.82, 2.24) is 0 Å². The average Bonchev–Trinajstić information content (AvgIpc) is 3.01. The van der Waals surface area contributed by atoms with Crippen LogP contribution in [0.4, 0.5) is 17.1 Å². The van der Waals surface area contributed by atoms with Gasteiger partial charge in [0.25, 0.3) is 17.1 Å². The van der Waals surface area contributed by atoms with E-state index in [9.17, 15) is 30.3 Å². The molecular weight excluding hydrogens is 378 g/mol. The zero-order chi connectivity index (χ0) is 20.7. The maximum absolute atomic E-state index is 11.6. The molecule has 0 aromatic heterocycles. The maximum Gasteiger partial charge on any atom is 0.284 e. The van der Waals surface area contributed by atoms with Crippen LogP contribution in [0.3, 0.4) is 0 Å². The number of nitrogens with zero attached hydrogens (tertiary/aromatic N) is 3. The zero-order valence-corrected chi connectivity index (χ0v) is 14.6. The number of benzene rings is 3. The van der Waals surface area contributed by atoms with Crippen molar-refractivity contribution in [3.63, 3.8) is 0 Å². The Morgan fingerprint density at radius 2 is 1.31 bits per heavy atom. The number of nitro benzene ring substituents is 3. The average molecular weight is 389 g/mol. The molecule has 3 aromatic rings. The first-order valence-corrected chi connectivity index (χ1v) is 8.40. The summed E-state index contributed by atoms with van der Waals surface area (Å²) in [4.78, 5) is 32.3. The summed E-state index contributed by atoms with van der Waals surface area (Å²) in [6.45, 7) is 0. The van der Waals surface area contributed by atoms with Crippen molar-refractivity contribution in [2.24, 2.45) is 0 Å². The molecule has 142 valence electrons. The number of fused-ring (bicyclic) bond motifs is 3. The molecule has 0 unspecified atom stereocenters. The summed E-state index contributed by atoms with van der Waals surface area (Å²) in [6, 6.07) is 15.2. The molecule has 0 radical (unpaired) electrons. The molecule has 0 N–H and O–H groups in total. The molecule has 0 spiro atoms. The van der Waals surface area contributed by atoms with E-state index in [1.54, 1.807) is 30.3 Å². The summed E-state index contributed by atoms with van der Waals surface area (Å²) < 4.78 is 0. The molecule has 0 saturated carbocycles. The Bertz CT molecular complexity index is 1230. The molecule has 0 bridgehead atoms. The van der Waals surface area contributed by atoms with Crippen LogP contribution in [0.25, 0.3) is 22.8 Å². The lowest BCUT2D eigenvalue weighted by Crippen LogP contribution is -1.96. The predicted octanol–water partition coefficient (Wildman–Crippen LogP) is 4.98. The zero-order valence-electron chi connectivity index (χ0n) is 14.6. The van der Waals surface area contributed by atoms with Crippen LogP contribution in [0.15, 0.2) is 60.7 Å². The molecule has 29 heavy (non-hydrogen) atoms. The van der Waals surface area contributed by atoms with Crippen LogP contribution in [-0.2, 0) is 0 Å². The fourth-order valence-electron chi connectivity index (χ4n) is 3.46. The van der Waals surface area contributed by atoms with Gasteiger partial charge in [0.1, 0.15) is 0 Å². The number of rotatable bonds is 4. The molecule has 0 amide bonds. The van der Waals surface area contributed by atoms with Gasteiger partial charge in [-0.2, -0.15) is 0 Å². The van der Waals surface area contributed by atoms with Crippen molar-refractivity contribution in [2.75, 3.05) is 0 Å². The third-order valence-electron chi connectivity index (χ3n) is 4.68. The highest BCUT2D eigenvalue weighted by Crippen LogP contribution is 2.51. The van der Waals surface area contributed by atoms with Crippen LogP contribution in [0.5, 0.6) is 0 Å². The molecular formula is C20H11N3O6. The number of hydrogen-bond acceptors (Lipinski definition) is 6. The van der Waals surface area contributed by atoms with Crippen molar-refractivity contribution >= 4 is 28.7 Å². The molecule has 4 rings (SSSR count). The molecule has 9 nitrogen and oxygen atoms in total. The third kappa shape index (κ3) is 3.00. The van der Waals surface area contributed by atoms with Crippen LogP contribution in [0.2, 0.25) is 0 Å². The molecule has 0 aliphatic heterocycles. The molecule has 9 heteroatoms. The Morgan fingerprint density at radius 1 is 0.655 bits per heavy atom. The molecule has 1 aliphatic rings. The van der Waals surface area contributed by atoms with Gasteiger partial charge in [-0.3, -0.25) is 30.3 Å². The lowest BCUT2D eigenvalue weighted by molar-refractivity contribution is -0.393. The van der Waals surface area contributed by atoms with Gasteiger partial charge in [0.2, 0.25) is 0 Å². The van der Waals surface area contributed by atoms with E-state index >= 15 is 0 Å². The Kier molecular flexibility index (Phi) is 4.12. The van der Waals surface area contributed by atoms with E-state index in [2.05, 4.69) is 0 Å². The van der Waals surface area contributed by atoms with Gasteiger partial charge < -0.3 is 0 Å². The molecule has 0 saturated heterocycles. The molecule has 0 atom stereocenters. The number of non-ortho nitro benzene ring substituents is 2. The van der Waals surface area contributed by atoms with E-state index in [0.717, 1.165) is 11.6 Å². The second-order valence-electron chi connectivity index (χ2n) is 6.36. The summed E-state index contributed by atoms with van der Waals surface area (Å²) in [7, 11) is 0. The highest BCUT2D eigenvalue weighted by Gasteiger charge is 2.34. The lowest BCUT2D eigenvalue weighted by Gasteiger charge is -2.04. The van der Waals surface area contributed by atoms with Crippen LogP contribution >= 0.6 is 0 Å². The molecule has 0 heterocycles. The van der Waals surface area contributed by atoms with Crippen LogP contribution in [0, 0.1) is 30.3 Å². The summed E-state index contributed by atoms with van der Waals surface area (Å²) in [5.41, 5.74) is 1.55. The van der Waals surface area contributed by atoms with Crippen LogP contribution in [-0.4, -0.2) is 14.8 Å². The van der Waals surface area contributed by atoms with E-state index in [1.807, 2.05) is 6.07 Å². The predicted molar refractivity (Wildman–Crippen MR) is 105 cm³/mol. The summed E-state index contributed by atoms with van der Waals surface area (Å²) in [5, 5.41) is 34.2. The summed E-state index contributed by atoms with van der Waals surface area (Å²) >= 11 is 0. The van der Waals surface area contributed by atoms with E-state index in [1.165, 1.54) is 24.3 Å². The lowest BCUT2D eigenvalue weighted by atomic mass is 10.00. The highest BCUT2D eigenvalue weighted by atomic mass is 16.6. The second-order valence-corrected chi connectivity index (χ2v) is 6.36. The second kappa shape index (κ2) is 6.64. The minimum atomic E-state index is -0.696. The van der Waals surface area contributed by atoms with E-state index in [0.29, 0.717) is 22.3 Å². The van der Waals surface area contributed by atoms with E-state index < -0.39 is 26.1 Å². The Labute approximate surface area is 163 Å².